The van der Waals surface area contributed by atoms with Gasteiger partial charge < -0.3 is 15.7 Å². The molecule has 0 radical (unpaired) electrons. The van der Waals surface area contributed by atoms with Gasteiger partial charge >= 0.3 is 12.0 Å². The van der Waals surface area contributed by atoms with Crippen molar-refractivity contribution in [1.82, 2.24) is 10.3 Å². The summed E-state index contributed by atoms with van der Waals surface area (Å²) in [5.74, 6) is -1.55. The molecule has 0 aliphatic carbocycles. The van der Waals surface area contributed by atoms with Crippen LogP contribution in [0.15, 0.2) is 23.6 Å². The van der Waals surface area contributed by atoms with Gasteiger partial charge in [-0.3, -0.25) is 0 Å². The second kappa shape index (κ2) is 6.31. The number of carbonyl (C=O) groups excluding carboxylic acids is 1. The molecule has 21 heavy (non-hydrogen) atoms. The number of hydrogen-bond donors (Lipinski definition) is 3. The number of hydrogen-bond acceptors (Lipinski definition) is 4. The van der Waals surface area contributed by atoms with Gasteiger partial charge in [0, 0.05) is 11.1 Å². The van der Waals surface area contributed by atoms with Crippen molar-refractivity contribution in [2.45, 2.75) is 13.5 Å². The van der Waals surface area contributed by atoms with Gasteiger partial charge in [0.1, 0.15) is 10.8 Å². The van der Waals surface area contributed by atoms with E-state index in [1.54, 1.807) is 13.0 Å². The van der Waals surface area contributed by atoms with Crippen molar-refractivity contribution in [3.05, 3.63) is 45.7 Å². The number of aryl methyl sites for hydroxylation is 1. The van der Waals surface area contributed by atoms with Crippen LogP contribution in [0, 0.1) is 12.7 Å². The highest BCUT2D eigenvalue weighted by atomic mass is 32.1. The van der Waals surface area contributed by atoms with Gasteiger partial charge in [-0.25, -0.2) is 19.0 Å². The van der Waals surface area contributed by atoms with Crippen molar-refractivity contribution in [3.63, 3.8) is 0 Å². The summed E-state index contributed by atoms with van der Waals surface area (Å²) in [4.78, 5) is 26.2. The zero-order valence-corrected chi connectivity index (χ0v) is 11.8. The molecule has 0 unspecified atom stereocenters. The normalized spacial score (nSPS) is 10.2. The number of urea groups is 1. The molecule has 6 nitrogen and oxygen atoms in total. The summed E-state index contributed by atoms with van der Waals surface area (Å²) < 4.78 is 13.2. The molecule has 1 heterocycles. The molecule has 2 rings (SSSR count). The molecule has 110 valence electrons. The number of thiazole rings is 1. The summed E-state index contributed by atoms with van der Waals surface area (Å²) >= 11 is 1.14. The number of nitrogens with zero attached hydrogens (tertiary/aromatic N) is 1. The topological polar surface area (TPSA) is 91.3 Å². The fraction of sp³-hybridized carbons (Fsp3) is 0.154. The van der Waals surface area contributed by atoms with Crippen molar-refractivity contribution in [2.24, 2.45) is 0 Å². The molecule has 2 aromatic rings. The number of halogens is 1. The Bertz CT molecular complexity index is 667. The van der Waals surface area contributed by atoms with Crippen molar-refractivity contribution in [1.29, 1.82) is 0 Å². The van der Waals surface area contributed by atoms with E-state index in [1.165, 1.54) is 17.5 Å². The van der Waals surface area contributed by atoms with Crippen molar-refractivity contribution < 1.29 is 19.1 Å². The smallest absolute Gasteiger partial charge is 0.355 e. The van der Waals surface area contributed by atoms with E-state index in [0.29, 0.717) is 16.3 Å². The molecule has 8 heteroatoms. The Kier molecular flexibility index (Phi) is 4.49. The minimum Gasteiger partial charge on any atom is -0.476 e. The summed E-state index contributed by atoms with van der Waals surface area (Å²) in [6.07, 6.45) is 0. The third kappa shape index (κ3) is 4.25. The number of anilines is 1. The zero-order valence-electron chi connectivity index (χ0n) is 11.0. The molecule has 1 aromatic heterocycles. The van der Waals surface area contributed by atoms with Gasteiger partial charge in [0.05, 0.1) is 6.54 Å². The highest BCUT2D eigenvalue weighted by Crippen LogP contribution is 2.13. The first-order chi connectivity index (χ1) is 9.94. The Labute approximate surface area is 123 Å². The molecule has 2 amide bonds. The number of rotatable bonds is 4. The second-order valence-electron chi connectivity index (χ2n) is 4.26. The summed E-state index contributed by atoms with van der Waals surface area (Å²) in [6.45, 7) is 1.81. The van der Waals surface area contributed by atoms with E-state index >= 15 is 0 Å². The predicted molar refractivity (Wildman–Crippen MR) is 76.1 cm³/mol. The number of carboxylic acid groups (broad SMARTS) is 1. The van der Waals surface area contributed by atoms with Crippen LogP contribution in [0.3, 0.4) is 0 Å². The standard InChI is InChI=1S/C13H12FN3O3S/c1-7-2-8(14)4-9(3-7)16-13(20)15-5-11-17-10(6-21-11)12(18)19/h2-4,6H,5H2,1H3,(H,18,19)(H2,15,16,20). The molecule has 0 fully saturated rings. The number of nitrogens with one attached hydrogen (secondary N) is 2. The lowest BCUT2D eigenvalue weighted by Gasteiger charge is -2.07. The molecule has 0 saturated carbocycles. The average molecular weight is 309 g/mol. The lowest BCUT2D eigenvalue weighted by Crippen LogP contribution is -2.28. The predicted octanol–water partition coefficient (Wildman–Crippen LogP) is 2.61. The van der Waals surface area contributed by atoms with Crippen LogP contribution in [0.4, 0.5) is 14.9 Å². The van der Waals surface area contributed by atoms with E-state index in [2.05, 4.69) is 15.6 Å². The Morgan fingerprint density at radius 1 is 1.38 bits per heavy atom. The van der Waals surface area contributed by atoms with Gasteiger partial charge in [-0.2, -0.15) is 0 Å². The summed E-state index contributed by atoms with van der Waals surface area (Å²) in [6, 6.07) is 3.67. The number of aromatic nitrogens is 1. The molecule has 0 aliphatic rings. The fourth-order valence-corrected chi connectivity index (χ4v) is 2.34. The van der Waals surface area contributed by atoms with Gasteiger partial charge in [0.15, 0.2) is 5.69 Å². The quantitative estimate of drug-likeness (QED) is 0.809. The van der Waals surface area contributed by atoms with Crippen LogP contribution in [0.2, 0.25) is 0 Å². The Morgan fingerprint density at radius 3 is 2.76 bits per heavy atom. The van der Waals surface area contributed by atoms with Crippen LogP contribution in [0.1, 0.15) is 21.1 Å². The molecular formula is C13H12FN3O3S. The molecule has 3 N–H and O–H groups in total. The minimum atomic E-state index is -1.11. The van der Waals surface area contributed by atoms with Crippen LogP contribution in [0.25, 0.3) is 0 Å². The van der Waals surface area contributed by atoms with E-state index in [-0.39, 0.29) is 12.2 Å². The first kappa shape index (κ1) is 14.9. The maximum absolute atomic E-state index is 13.2. The lowest BCUT2D eigenvalue weighted by molar-refractivity contribution is 0.0691. The van der Waals surface area contributed by atoms with Gasteiger partial charge in [-0.05, 0) is 30.7 Å². The van der Waals surface area contributed by atoms with Crippen LogP contribution in [-0.4, -0.2) is 22.1 Å². The largest absolute Gasteiger partial charge is 0.476 e. The lowest BCUT2D eigenvalue weighted by atomic mass is 10.2. The minimum absolute atomic E-state index is 0.0574. The molecule has 0 spiro atoms. The van der Waals surface area contributed by atoms with Gasteiger partial charge in [-0.15, -0.1) is 11.3 Å². The summed E-state index contributed by atoms with van der Waals surface area (Å²) in [5, 5.41) is 15.6. The van der Waals surface area contributed by atoms with Crippen molar-refractivity contribution >= 4 is 29.0 Å². The highest BCUT2D eigenvalue weighted by molar-refractivity contribution is 7.09. The van der Waals surface area contributed by atoms with Gasteiger partial charge in [-0.1, -0.05) is 0 Å². The number of aromatic carboxylic acids is 1. The number of carboxylic acids is 1. The maximum atomic E-state index is 13.2. The molecule has 0 bridgehead atoms. The highest BCUT2D eigenvalue weighted by Gasteiger charge is 2.09. The molecular weight excluding hydrogens is 297 g/mol. The Morgan fingerprint density at radius 2 is 2.14 bits per heavy atom. The van der Waals surface area contributed by atoms with Gasteiger partial charge in [0.25, 0.3) is 0 Å². The average Bonchev–Trinajstić information content (AvgIpc) is 2.84. The second-order valence-corrected chi connectivity index (χ2v) is 5.20. The van der Waals surface area contributed by atoms with E-state index < -0.39 is 17.8 Å². The number of amides is 2. The van der Waals surface area contributed by atoms with E-state index in [0.717, 1.165) is 11.3 Å². The first-order valence-electron chi connectivity index (χ1n) is 5.94. The SMILES string of the molecule is Cc1cc(F)cc(NC(=O)NCc2nc(C(=O)O)cs2)c1. The van der Waals surface area contributed by atoms with Gasteiger partial charge in [0.2, 0.25) is 0 Å². The zero-order chi connectivity index (χ0) is 15.4. The Hall–Kier alpha value is -2.48. The van der Waals surface area contributed by atoms with Crippen molar-refractivity contribution in [2.75, 3.05) is 5.32 Å². The van der Waals surface area contributed by atoms with Crippen LogP contribution in [0.5, 0.6) is 0 Å². The maximum Gasteiger partial charge on any atom is 0.355 e. The van der Waals surface area contributed by atoms with E-state index in [9.17, 15) is 14.0 Å². The van der Waals surface area contributed by atoms with Crippen molar-refractivity contribution in [3.8, 4) is 0 Å². The van der Waals surface area contributed by atoms with E-state index in [1.807, 2.05) is 0 Å². The van der Waals surface area contributed by atoms with Crippen LogP contribution in [-0.2, 0) is 6.54 Å². The summed E-state index contributed by atoms with van der Waals surface area (Å²) in [5.41, 5.74) is 0.977. The number of benzene rings is 1. The third-order valence-corrected chi connectivity index (χ3v) is 3.32. The van der Waals surface area contributed by atoms with Crippen LogP contribution >= 0.6 is 11.3 Å². The molecule has 1 aromatic carbocycles. The first-order valence-corrected chi connectivity index (χ1v) is 6.82. The molecule has 0 atom stereocenters. The molecule has 0 aliphatic heterocycles. The third-order valence-electron chi connectivity index (χ3n) is 2.47. The Balaban J connectivity index is 1.90. The van der Waals surface area contributed by atoms with E-state index in [4.69, 9.17) is 5.11 Å². The van der Waals surface area contributed by atoms with Crippen LogP contribution < -0.4 is 10.6 Å². The number of carbonyl (C=O) groups is 2. The monoisotopic (exact) mass is 309 g/mol. The fourth-order valence-electron chi connectivity index (χ4n) is 1.63. The molecule has 0 saturated heterocycles. The summed E-state index contributed by atoms with van der Waals surface area (Å²) in [7, 11) is 0.